The van der Waals surface area contributed by atoms with E-state index in [1.165, 1.54) is 0 Å². The second-order valence-corrected chi connectivity index (χ2v) is 10.7. The number of rotatable bonds is 5. The van der Waals surface area contributed by atoms with Crippen molar-refractivity contribution >= 4 is 33.3 Å². The minimum atomic E-state index is -5.08. The van der Waals surface area contributed by atoms with Crippen molar-refractivity contribution in [3.05, 3.63) is 53.1 Å². The third-order valence-electron chi connectivity index (χ3n) is 6.27. The number of piperazine rings is 1. The Hall–Kier alpha value is -3.36. The van der Waals surface area contributed by atoms with Crippen LogP contribution < -0.4 is 14.9 Å². The number of aryl methyl sites for hydroxylation is 2. The average molecular weight is 573 g/mol. The van der Waals surface area contributed by atoms with Crippen LogP contribution in [0.1, 0.15) is 21.5 Å². The van der Waals surface area contributed by atoms with Crippen LogP contribution in [0.5, 0.6) is 0 Å². The summed E-state index contributed by atoms with van der Waals surface area (Å²) in [6.07, 6.45) is -5.08. The number of nitrogens with one attached hydrogen (secondary N) is 2. The zero-order valence-electron chi connectivity index (χ0n) is 21.5. The van der Waals surface area contributed by atoms with E-state index in [4.69, 9.17) is 14.6 Å². The van der Waals surface area contributed by atoms with E-state index in [1.807, 2.05) is 19.9 Å². The van der Waals surface area contributed by atoms with Crippen LogP contribution in [0.25, 0.3) is 0 Å². The Morgan fingerprint density at radius 3 is 2.15 bits per heavy atom. The Morgan fingerprint density at radius 1 is 0.974 bits per heavy atom. The molecule has 0 unspecified atom stereocenters. The summed E-state index contributed by atoms with van der Waals surface area (Å²) in [6.45, 7) is 9.15. The number of morpholine rings is 1. The number of sulfonamides is 1. The number of carbonyl (C=O) groups excluding carboxylic acids is 1. The molecule has 0 aromatic heterocycles. The summed E-state index contributed by atoms with van der Waals surface area (Å²) in [6, 6.07) is 10.3. The van der Waals surface area contributed by atoms with Crippen LogP contribution in [-0.4, -0.2) is 89.0 Å². The molecule has 0 bridgehead atoms. The highest BCUT2D eigenvalue weighted by atomic mass is 32.2. The molecule has 0 aliphatic carbocycles. The van der Waals surface area contributed by atoms with Crippen molar-refractivity contribution in [1.29, 1.82) is 0 Å². The van der Waals surface area contributed by atoms with Gasteiger partial charge in [0, 0.05) is 50.6 Å². The highest BCUT2D eigenvalue weighted by Gasteiger charge is 2.38. The molecule has 4 rings (SSSR count). The number of halogens is 3. The summed E-state index contributed by atoms with van der Waals surface area (Å²) in [5.74, 6) is -2.86. The van der Waals surface area contributed by atoms with Gasteiger partial charge < -0.3 is 25.0 Å². The van der Waals surface area contributed by atoms with Gasteiger partial charge in [0.25, 0.3) is 15.9 Å². The molecule has 10 nitrogen and oxygen atoms in total. The number of hydrogen-bond acceptors (Lipinski definition) is 7. The molecule has 2 aromatic rings. The molecule has 2 aliphatic rings. The number of alkyl halides is 3. The first-order chi connectivity index (χ1) is 18.3. The van der Waals surface area contributed by atoms with Crippen LogP contribution in [-0.2, 0) is 19.6 Å². The van der Waals surface area contributed by atoms with Crippen molar-refractivity contribution < 1.29 is 41.0 Å². The lowest BCUT2D eigenvalue weighted by Gasteiger charge is -2.33. The zero-order valence-corrected chi connectivity index (χ0v) is 22.4. The van der Waals surface area contributed by atoms with Crippen LogP contribution in [0.2, 0.25) is 0 Å². The maximum Gasteiger partial charge on any atom is 0.490 e. The summed E-state index contributed by atoms with van der Waals surface area (Å²) in [4.78, 5) is 26.4. The van der Waals surface area contributed by atoms with Gasteiger partial charge in [-0.15, -0.1) is 0 Å². The molecular formula is C25H31F3N4O6S. The van der Waals surface area contributed by atoms with E-state index in [0.29, 0.717) is 37.6 Å². The number of carboxylic acid groups (broad SMARTS) is 1. The van der Waals surface area contributed by atoms with E-state index in [0.717, 1.165) is 43.0 Å². The van der Waals surface area contributed by atoms with Crippen molar-refractivity contribution in [2.45, 2.75) is 24.9 Å². The topological polar surface area (TPSA) is 128 Å². The standard InChI is InChI=1S/C23H30N4O4S.C2HF3O2/c1-17-3-5-20(15-18(17)2)32(29,30)25-19-4-6-22(26-9-7-24-8-10-26)21(16-19)23(28)27-11-13-31-14-12-27;3-2(4,5)1(6)7/h3-6,15-16,24-25H,7-14H2,1-2H3;(H,6,7). The fourth-order valence-corrected chi connectivity index (χ4v) is 5.12. The lowest BCUT2D eigenvalue weighted by Crippen LogP contribution is -2.45. The largest absolute Gasteiger partial charge is 0.490 e. The first kappa shape index (κ1) is 30.2. The van der Waals surface area contributed by atoms with E-state index in [-0.39, 0.29) is 10.8 Å². The lowest BCUT2D eigenvalue weighted by molar-refractivity contribution is -0.192. The highest BCUT2D eigenvalue weighted by Crippen LogP contribution is 2.28. The van der Waals surface area contributed by atoms with Crippen molar-refractivity contribution in [2.75, 3.05) is 62.1 Å². The fourth-order valence-electron chi connectivity index (χ4n) is 3.98. The number of nitrogens with zero attached hydrogens (tertiary/aromatic N) is 2. The van der Waals surface area contributed by atoms with Crippen LogP contribution in [0, 0.1) is 13.8 Å². The quantitative estimate of drug-likeness (QED) is 0.499. The number of benzene rings is 2. The molecule has 2 saturated heterocycles. The molecule has 14 heteroatoms. The number of hydrogen-bond donors (Lipinski definition) is 3. The van der Waals surface area contributed by atoms with Crippen molar-refractivity contribution in [2.24, 2.45) is 0 Å². The monoisotopic (exact) mass is 572 g/mol. The third-order valence-corrected chi connectivity index (χ3v) is 7.65. The molecular weight excluding hydrogens is 541 g/mol. The van der Waals surface area contributed by atoms with E-state index >= 15 is 0 Å². The molecule has 214 valence electrons. The number of aliphatic carboxylic acids is 1. The zero-order chi connectivity index (χ0) is 28.8. The molecule has 0 radical (unpaired) electrons. The number of carbonyl (C=O) groups is 2. The molecule has 2 fully saturated rings. The van der Waals surface area contributed by atoms with Crippen LogP contribution in [0.4, 0.5) is 24.5 Å². The van der Waals surface area contributed by atoms with Gasteiger partial charge in [0.05, 0.1) is 23.7 Å². The summed E-state index contributed by atoms with van der Waals surface area (Å²) >= 11 is 0. The normalized spacial score (nSPS) is 16.2. The smallest absolute Gasteiger partial charge is 0.475 e. The minimum absolute atomic E-state index is 0.103. The maximum absolute atomic E-state index is 13.4. The molecule has 0 spiro atoms. The highest BCUT2D eigenvalue weighted by molar-refractivity contribution is 7.92. The van der Waals surface area contributed by atoms with Crippen molar-refractivity contribution in [1.82, 2.24) is 10.2 Å². The summed E-state index contributed by atoms with van der Waals surface area (Å²) in [5.41, 5.74) is 3.65. The fraction of sp³-hybridized carbons (Fsp3) is 0.440. The van der Waals surface area contributed by atoms with Gasteiger partial charge in [-0.3, -0.25) is 9.52 Å². The predicted molar refractivity (Wildman–Crippen MR) is 139 cm³/mol. The average Bonchev–Trinajstić information content (AvgIpc) is 2.90. The Labute approximate surface area is 224 Å². The molecule has 2 aliphatic heterocycles. The molecule has 0 saturated carbocycles. The first-order valence-corrected chi connectivity index (χ1v) is 13.6. The summed E-state index contributed by atoms with van der Waals surface area (Å²) in [5, 5.41) is 10.4. The second kappa shape index (κ2) is 12.7. The van der Waals surface area contributed by atoms with Crippen LogP contribution >= 0.6 is 0 Å². The molecule has 0 atom stereocenters. The van der Waals surface area contributed by atoms with E-state index in [9.17, 15) is 26.4 Å². The van der Waals surface area contributed by atoms with Gasteiger partial charge in [0.1, 0.15) is 0 Å². The number of carboxylic acids is 1. The minimum Gasteiger partial charge on any atom is -0.475 e. The number of anilines is 2. The molecule has 1 amide bonds. The lowest BCUT2D eigenvalue weighted by atomic mass is 10.1. The Kier molecular flexibility index (Phi) is 9.80. The Bertz CT molecular complexity index is 1290. The summed E-state index contributed by atoms with van der Waals surface area (Å²) in [7, 11) is -3.78. The van der Waals surface area contributed by atoms with Gasteiger partial charge in [0.15, 0.2) is 0 Å². The SMILES string of the molecule is Cc1ccc(S(=O)(=O)Nc2ccc(N3CCNCC3)c(C(=O)N3CCOCC3)c2)cc1C.O=C(O)C(F)(F)F. The van der Waals surface area contributed by atoms with Crippen LogP contribution in [0.3, 0.4) is 0 Å². The van der Waals surface area contributed by atoms with Crippen molar-refractivity contribution in [3.8, 4) is 0 Å². The van der Waals surface area contributed by atoms with E-state index < -0.39 is 22.2 Å². The van der Waals surface area contributed by atoms with E-state index in [2.05, 4.69) is 14.9 Å². The van der Waals surface area contributed by atoms with Gasteiger partial charge in [-0.2, -0.15) is 13.2 Å². The maximum atomic E-state index is 13.4. The number of amides is 1. The van der Waals surface area contributed by atoms with Crippen LogP contribution in [0.15, 0.2) is 41.3 Å². The number of ether oxygens (including phenoxy) is 1. The Morgan fingerprint density at radius 2 is 1.59 bits per heavy atom. The Balaban J connectivity index is 0.000000532. The molecule has 2 heterocycles. The van der Waals surface area contributed by atoms with E-state index in [1.54, 1.807) is 35.2 Å². The van der Waals surface area contributed by atoms with Gasteiger partial charge >= 0.3 is 12.1 Å². The molecule has 39 heavy (non-hydrogen) atoms. The van der Waals surface area contributed by atoms with Gasteiger partial charge in [0.2, 0.25) is 0 Å². The first-order valence-electron chi connectivity index (χ1n) is 12.2. The van der Waals surface area contributed by atoms with Gasteiger partial charge in [-0.1, -0.05) is 6.07 Å². The van der Waals surface area contributed by atoms with Gasteiger partial charge in [-0.25, -0.2) is 13.2 Å². The third kappa shape index (κ3) is 8.07. The van der Waals surface area contributed by atoms with Crippen molar-refractivity contribution in [3.63, 3.8) is 0 Å². The predicted octanol–water partition coefficient (Wildman–Crippen LogP) is 2.62. The van der Waals surface area contributed by atoms with Gasteiger partial charge in [-0.05, 0) is 55.3 Å². The summed E-state index contributed by atoms with van der Waals surface area (Å²) < 4.78 is 65.8. The molecule has 3 N–H and O–H groups in total. The molecule has 2 aromatic carbocycles. The second-order valence-electron chi connectivity index (χ2n) is 9.03.